The Morgan fingerprint density at radius 2 is 1.87 bits per heavy atom. The number of unbranched alkanes of at least 4 members (excludes halogenated alkanes) is 1. The summed E-state index contributed by atoms with van der Waals surface area (Å²) < 4.78 is 60.0. The number of likely N-dealkylation sites (tertiary alicyclic amines) is 1. The Morgan fingerprint density at radius 3 is 2.53 bits per heavy atom. The Labute approximate surface area is 218 Å². The van der Waals surface area contributed by atoms with Crippen LogP contribution in [0.2, 0.25) is 0 Å². The van der Waals surface area contributed by atoms with Gasteiger partial charge in [0, 0.05) is 47.3 Å². The summed E-state index contributed by atoms with van der Waals surface area (Å²) in [6, 6.07) is 9.13. The summed E-state index contributed by atoms with van der Waals surface area (Å²) in [5.74, 6) is -3.55. The molecule has 7 nitrogen and oxygen atoms in total. The first-order chi connectivity index (χ1) is 18.2. The number of rotatable bonds is 12. The molecule has 1 fully saturated rings. The van der Waals surface area contributed by atoms with Crippen molar-refractivity contribution in [1.82, 2.24) is 14.9 Å². The molecule has 0 saturated carbocycles. The predicted octanol–water partition coefficient (Wildman–Crippen LogP) is 5.04. The van der Waals surface area contributed by atoms with Crippen LogP contribution < -0.4 is 15.8 Å². The van der Waals surface area contributed by atoms with Crippen molar-refractivity contribution in [2.45, 2.75) is 38.7 Å². The van der Waals surface area contributed by atoms with Gasteiger partial charge in [0.15, 0.2) is 5.82 Å². The van der Waals surface area contributed by atoms with E-state index in [1.165, 1.54) is 0 Å². The van der Waals surface area contributed by atoms with Gasteiger partial charge < -0.3 is 15.8 Å². The molecule has 0 atom stereocenters. The van der Waals surface area contributed by atoms with E-state index in [1.54, 1.807) is 42.3 Å². The Balaban J connectivity index is 1.38. The SMILES string of the molecule is CCOc1cc(F)c(CNc2ccccc2C(=N)c2ncc(CCCCN3CC(F)(F)C3)c(N)n2)c(F)c1. The number of halogens is 4. The number of ether oxygens (including phenoxy) is 1. The average Bonchev–Trinajstić information content (AvgIpc) is 2.85. The molecule has 4 rings (SSSR count). The topological polar surface area (TPSA) is 100 Å². The monoisotopic (exact) mass is 530 g/mol. The van der Waals surface area contributed by atoms with E-state index in [0.717, 1.165) is 30.5 Å². The fraction of sp³-hybridized carbons (Fsp3) is 0.370. The number of alkyl halides is 2. The third-order valence-corrected chi connectivity index (χ3v) is 6.28. The first-order valence-corrected chi connectivity index (χ1v) is 12.4. The van der Waals surface area contributed by atoms with Crippen LogP contribution in [0, 0.1) is 17.0 Å². The van der Waals surface area contributed by atoms with Crippen molar-refractivity contribution in [1.29, 1.82) is 5.41 Å². The highest BCUT2D eigenvalue weighted by Crippen LogP contribution is 2.27. The Bertz CT molecular complexity index is 1270. The second kappa shape index (κ2) is 11.8. The zero-order chi connectivity index (χ0) is 27.3. The lowest BCUT2D eigenvalue weighted by Gasteiger charge is -2.38. The van der Waals surface area contributed by atoms with Crippen LogP contribution in [0.15, 0.2) is 42.6 Å². The van der Waals surface area contributed by atoms with Crippen LogP contribution in [0.4, 0.5) is 29.1 Å². The molecule has 4 N–H and O–H groups in total. The predicted molar refractivity (Wildman–Crippen MR) is 138 cm³/mol. The van der Waals surface area contributed by atoms with Crippen LogP contribution in [0.25, 0.3) is 0 Å². The molecule has 11 heteroatoms. The average molecular weight is 531 g/mol. The van der Waals surface area contributed by atoms with Gasteiger partial charge in [0.25, 0.3) is 5.92 Å². The zero-order valence-electron chi connectivity index (χ0n) is 21.0. The van der Waals surface area contributed by atoms with Crippen molar-refractivity contribution < 1.29 is 22.3 Å². The second-order valence-electron chi connectivity index (χ2n) is 9.20. The van der Waals surface area contributed by atoms with Gasteiger partial charge >= 0.3 is 0 Å². The van der Waals surface area contributed by atoms with Crippen molar-refractivity contribution >= 4 is 17.2 Å². The molecule has 1 aliphatic rings. The van der Waals surface area contributed by atoms with E-state index in [1.807, 2.05) is 0 Å². The van der Waals surface area contributed by atoms with Crippen LogP contribution in [0.5, 0.6) is 5.75 Å². The molecule has 0 bridgehead atoms. The van der Waals surface area contributed by atoms with E-state index in [0.29, 0.717) is 30.8 Å². The summed E-state index contributed by atoms with van der Waals surface area (Å²) in [4.78, 5) is 10.3. The number of hydrogen-bond acceptors (Lipinski definition) is 7. The van der Waals surface area contributed by atoms with Gasteiger partial charge in [-0.2, -0.15) is 0 Å². The number of para-hydroxylation sites is 1. The van der Waals surface area contributed by atoms with E-state index in [-0.39, 0.29) is 48.3 Å². The van der Waals surface area contributed by atoms with Crippen molar-refractivity contribution in [3.05, 3.63) is 76.7 Å². The fourth-order valence-corrected chi connectivity index (χ4v) is 4.31. The maximum absolute atomic E-state index is 14.5. The lowest BCUT2D eigenvalue weighted by atomic mass is 10.1. The van der Waals surface area contributed by atoms with E-state index in [9.17, 15) is 17.6 Å². The molecule has 0 aliphatic carbocycles. The van der Waals surface area contributed by atoms with Crippen LogP contribution in [-0.4, -0.2) is 52.7 Å². The molecule has 3 aromatic rings. The van der Waals surface area contributed by atoms with Crippen LogP contribution in [-0.2, 0) is 13.0 Å². The van der Waals surface area contributed by atoms with Crippen LogP contribution in [0.3, 0.4) is 0 Å². The molecule has 2 heterocycles. The maximum atomic E-state index is 14.5. The van der Waals surface area contributed by atoms with Gasteiger partial charge in [-0.3, -0.25) is 10.3 Å². The number of benzene rings is 2. The van der Waals surface area contributed by atoms with Gasteiger partial charge in [-0.25, -0.2) is 27.5 Å². The lowest BCUT2D eigenvalue weighted by Crippen LogP contribution is -2.56. The van der Waals surface area contributed by atoms with Crippen molar-refractivity contribution in [3.63, 3.8) is 0 Å². The van der Waals surface area contributed by atoms with E-state index in [4.69, 9.17) is 15.9 Å². The standard InChI is InChI=1S/C27H30F4N6O/c1-2-38-18-11-21(28)20(22(29)12-18)14-34-23-9-4-3-8-19(23)24(32)26-35-13-17(25(33)36-26)7-5-6-10-37-15-27(30,31)16-37/h3-4,8-9,11-13,32,34H,2,5-7,10,14-16H2,1H3,(H2,33,35,36). The molecule has 202 valence electrons. The minimum absolute atomic E-state index is 0.00213. The summed E-state index contributed by atoms with van der Waals surface area (Å²) in [5.41, 5.74) is 7.62. The van der Waals surface area contributed by atoms with Gasteiger partial charge in [-0.15, -0.1) is 0 Å². The van der Waals surface area contributed by atoms with Crippen LogP contribution >= 0.6 is 0 Å². The molecule has 0 unspecified atom stereocenters. The Kier molecular flexibility index (Phi) is 8.45. The number of nitrogens with one attached hydrogen (secondary N) is 2. The third kappa shape index (κ3) is 6.58. The zero-order valence-corrected chi connectivity index (χ0v) is 21.0. The Hall–Kier alpha value is -3.73. The molecule has 38 heavy (non-hydrogen) atoms. The minimum Gasteiger partial charge on any atom is -0.494 e. The van der Waals surface area contributed by atoms with E-state index in [2.05, 4.69) is 15.3 Å². The Morgan fingerprint density at radius 1 is 1.16 bits per heavy atom. The van der Waals surface area contributed by atoms with Crippen molar-refractivity contribution in [3.8, 4) is 5.75 Å². The van der Waals surface area contributed by atoms with Crippen molar-refractivity contribution in [2.24, 2.45) is 0 Å². The molecular formula is C27H30F4N6O. The normalized spacial score (nSPS) is 14.7. The number of aromatic nitrogens is 2. The molecule has 1 aromatic heterocycles. The van der Waals surface area contributed by atoms with Crippen molar-refractivity contribution in [2.75, 3.05) is 37.3 Å². The first kappa shape index (κ1) is 27.3. The van der Waals surface area contributed by atoms with Crippen LogP contribution in [0.1, 0.15) is 42.3 Å². The van der Waals surface area contributed by atoms with Gasteiger partial charge in [0.1, 0.15) is 28.9 Å². The summed E-state index contributed by atoms with van der Waals surface area (Å²) in [6.45, 7) is 2.11. The summed E-state index contributed by atoms with van der Waals surface area (Å²) in [6.07, 6.45) is 3.67. The maximum Gasteiger partial charge on any atom is 0.272 e. The minimum atomic E-state index is -2.56. The molecule has 2 aromatic carbocycles. The van der Waals surface area contributed by atoms with E-state index < -0.39 is 17.6 Å². The molecule has 0 radical (unpaired) electrons. The fourth-order valence-electron chi connectivity index (χ4n) is 4.31. The summed E-state index contributed by atoms with van der Waals surface area (Å²) in [7, 11) is 0. The third-order valence-electron chi connectivity index (χ3n) is 6.28. The molecule has 0 spiro atoms. The summed E-state index contributed by atoms with van der Waals surface area (Å²) >= 11 is 0. The lowest BCUT2D eigenvalue weighted by molar-refractivity contribution is -0.130. The van der Waals surface area contributed by atoms with Gasteiger partial charge in [0.05, 0.1) is 19.7 Å². The van der Waals surface area contributed by atoms with Gasteiger partial charge in [-0.1, -0.05) is 18.2 Å². The second-order valence-corrected chi connectivity index (χ2v) is 9.20. The molecule has 0 amide bonds. The van der Waals surface area contributed by atoms with E-state index >= 15 is 0 Å². The van der Waals surface area contributed by atoms with Gasteiger partial charge in [-0.05, 0) is 38.8 Å². The smallest absolute Gasteiger partial charge is 0.272 e. The number of nitrogens with two attached hydrogens (primary N) is 1. The highest BCUT2D eigenvalue weighted by molar-refractivity contribution is 6.12. The molecular weight excluding hydrogens is 500 g/mol. The number of nitrogens with zero attached hydrogens (tertiary/aromatic N) is 3. The highest BCUT2D eigenvalue weighted by Gasteiger charge is 2.43. The first-order valence-electron chi connectivity index (χ1n) is 12.4. The largest absolute Gasteiger partial charge is 0.494 e. The van der Waals surface area contributed by atoms with Gasteiger partial charge in [0.2, 0.25) is 0 Å². The quantitative estimate of drug-likeness (QED) is 0.172. The number of aryl methyl sites for hydroxylation is 1. The summed E-state index contributed by atoms with van der Waals surface area (Å²) in [5, 5.41) is 11.6. The molecule has 1 saturated heterocycles. The highest BCUT2D eigenvalue weighted by atomic mass is 19.3. The molecule has 1 aliphatic heterocycles. The number of nitrogen functional groups attached to an aromatic ring is 1. The number of anilines is 2. The number of hydrogen-bond donors (Lipinski definition) is 3.